The molecule has 0 radical (unpaired) electrons. The van der Waals surface area contributed by atoms with E-state index in [4.69, 9.17) is 23.4 Å². The minimum atomic E-state index is -1.94. The van der Waals surface area contributed by atoms with Crippen LogP contribution in [0, 0.1) is 0 Å². The fourth-order valence-corrected chi connectivity index (χ4v) is 4.91. The van der Waals surface area contributed by atoms with Crippen molar-refractivity contribution in [1.82, 2.24) is 0 Å². The Morgan fingerprint density at radius 3 is 2.00 bits per heavy atom. The summed E-state index contributed by atoms with van der Waals surface area (Å²) in [5.41, 5.74) is -1.22. The van der Waals surface area contributed by atoms with Crippen LogP contribution >= 0.6 is 0 Å². The number of benzene rings is 2. The van der Waals surface area contributed by atoms with Gasteiger partial charge in [0.2, 0.25) is 17.5 Å². The van der Waals surface area contributed by atoms with E-state index in [1.807, 2.05) is 0 Å². The molecule has 16 nitrogen and oxygen atoms in total. The minimum Gasteiger partial charge on any atom is -0.872 e. The first-order chi connectivity index (χ1) is 20.4. The minimum absolute atomic E-state index is 0.139. The summed E-state index contributed by atoms with van der Waals surface area (Å²) < 4.78 is 28.2. The third kappa shape index (κ3) is 5.73. The second kappa shape index (κ2) is 12.2. The van der Waals surface area contributed by atoms with Crippen molar-refractivity contribution in [2.75, 3.05) is 13.2 Å². The molecule has 5 rings (SSSR count). The molecule has 0 spiro atoms. The van der Waals surface area contributed by atoms with Gasteiger partial charge in [0.05, 0.1) is 18.6 Å². The van der Waals surface area contributed by atoms with Crippen LogP contribution in [0.3, 0.4) is 0 Å². The molecule has 0 aliphatic carbocycles. The number of phenolic OH excluding ortho intramolecular Hbond substituents is 2. The van der Waals surface area contributed by atoms with Gasteiger partial charge >= 0.3 is 0 Å². The van der Waals surface area contributed by atoms with E-state index in [0.29, 0.717) is 0 Å². The van der Waals surface area contributed by atoms with Gasteiger partial charge in [-0.3, -0.25) is 4.79 Å². The number of aliphatic hydroxyl groups excluding tert-OH is 7. The molecule has 3 heterocycles. The SMILES string of the molecule is O=c1c(O[C@H]2O[C@@H](CO)[C@H](O)[C@@H](O)[C@@H]2O[C@H]2O[C@@H](CO)[C@H](O)[C@@H](O)[C@@H]2O)c(-c2ccc(O)cc2)oc2cc(O)cc([O-])c12. The zero-order chi connectivity index (χ0) is 31.2. The number of aromatic hydroxyl groups is 2. The van der Waals surface area contributed by atoms with Gasteiger partial charge in [-0.05, 0) is 30.3 Å². The highest BCUT2D eigenvalue weighted by atomic mass is 16.8. The van der Waals surface area contributed by atoms with Crippen LogP contribution in [0.4, 0.5) is 0 Å². The maximum atomic E-state index is 13.7. The molecule has 0 amide bonds. The molecule has 2 aromatic carbocycles. The van der Waals surface area contributed by atoms with Gasteiger partial charge < -0.3 is 74.4 Å². The van der Waals surface area contributed by atoms with E-state index in [0.717, 1.165) is 12.1 Å². The Balaban J connectivity index is 1.60. The largest absolute Gasteiger partial charge is 0.872 e. The van der Waals surface area contributed by atoms with E-state index in [2.05, 4.69) is 0 Å². The molecule has 0 saturated carbocycles. The average molecular weight is 610 g/mol. The van der Waals surface area contributed by atoms with Crippen LogP contribution in [0.5, 0.6) is 23.0 Å². The molecule has 43 heavy (non-hydrogen) atoms. The van der Waals surface area contributed by atoms with Crippen molar-refractivity contribution in [3.8, 4) is 34.3 Å². The van der Waals surface area contributed by atoms with Crippen LogP contribution in [0.25, 0.3) is 22.3 Å². The summed E-state index contributed by atoms with van der Waals surface area (Å²) in [5.74, 6) is -2.54. The number of ether oxygens (including phenoxy) is 4. The fourth-order valence-electron chi connectivity index (χ4n) is 4.91. The van der Waals surface area contributed by atoms with E-state index in [-0.39, 0.29) is 22.7 Å². The fraction of sp³-hybridized carbons (Fsp3) is 0.444. The molecule has 0 bridgehead atoms. The predicted octanol–water partition coefficient (Wildman–Crippen LogP) is -3.05. The number of fused-ring (bicyclic) bond motifs is 1. The second-order valence-electron chi connectivity index (χ2n) is 10.1. The zero-order valence-corrected chi connectivity index (χ0v) is 22.0. The van der Waals surface area contributed by atoms with Gasteiger partial charge in [0, 0.05) is 11.6 Å². The third-order valence-corrected chi connectivity index (χ3v) is 7.23. The van der Waals surface area contributed by atoms with Crippen LogP contribution < -0.4 is 15.3 Å². The maximum Gasteiger partial charge on any atom is 0.234 e. The maximum absolute atomic E-state index is 13.7. The molecule has 16 heteroatoms. The van der Waals surface area contributed by atoms with Gasteiger partial charge in [-0.1, -0.05) is 5.75 Å². The molecule has 234 valence electrons. The first-order valence-electron chi connectivity index (χ1n) is 13.0. The van der Waals surface area contributed by atoms with Crippen molar-refractivity contribution in [3.05, 3.63) is 46.6 Å². The van der Waals surface area contributed by atoms with Crippen molar-refractivity contribution in [1.29, 1.82) is 0 Å². The molecule has 2 saturated heterocycles. The number of hydrogen-bond acceptors (Lipinski definition) is 16. The van der Waals surface area contributed by atoms with Crippen molar-refractivity contribution in [2.24, 2.45) is 0 Å². The summed E-state index contributed by atoms with van der Waals surface area (Å²) in [6.07, 6.45) is -17.8. The summed E-state index contributed by atoms with van der Waals surface area (Å²) in [6.45, 7) is -1.64. The second-order valence-corrected chi connectivity index (χ2v) is 10.1. The van der Waals surface area contributed by atoms with Crippen LogP contribution in [-0.2, 0) is 14.2 Å². The first kappa shape index (κ1) is 30.9. The van der Waals surface area contributed by atoms with Crippen LogP contribution in [0.15, 0.2) is 45.6 Å². The lowest BCUT2D eigenvalue weighted by Gasteiger charge is -2.45. The summed E-state index contributed by atoms with van der Waals surface area (Å²) in [6, 6.07) is 6.99. The molecule has 2 aliphatic heterocycles. The Labute approximate surface area is 241 Å². The number of aliphatic hydroxyl groups is 7. The van der Waals surface area contributed by atoms with E-state index in [1.165, 1.54) is 24.3 Å². The third-order valence-electron chi connectivity index (χ3n) is 7.23. The number of hydrogen-bond donors (Lipinski definition) is 9. The van der Waals surface area contributed by atoms with Gasteiger partial charge in [0.1, 0.15) is 59.8 Å². The Kier molecular flexibility index (Phi) is 8.77. The smallest absolute Gasteiger partial charge is 0.234 e. The van der Waals surface area contributed by atoms with E-state index in [9.17, 15) is 55.9 Å². The Hall–Kier alpha value is -3.55. The lowest BCUT2D eigenvalue weighted by atomic mass is 9.97. The number of phenols is 2. The van der Waals surface area contributed by atoms with Gasteiger partial charge in [0.25, 0.3) is 0 Å². The Bertz CT molecular complexity index is 1490. The summed E-state index contributed by atoms with van der Waals surface area (Å²) in [7, 11) is 0. The van der Waals surface area contributed by atoms with Crippen molar-refractivity contribution in [2.45, 2.75) is 61.4 Å². The van der Waals surface area contributed by atoms with Crippen molar-refractivity contribution >= 4 is 11.0 Å². The normalized spacial score (nSPS) is 33.0. The average Bonchev–Trinajstić information content (AvgIpc) is 2.97. The first-order valence-corrected chi connectivity index (χ1v) is 13.0. The lowest BCUT2D eigenvalue weighted by molar-refractivity contribution is -0.358. The van der Waals surface area contributed by atoms with E-state index in [1.54, 1.807) is 0 Å². The van der Waals surface area contributed by atoms with Crippen molar-refractivity contribution in [3.63, 3.8) is 0 Å². The molecule has 3 aromatic rings. The van der Waals surface area contributed by atoms with Gasteiger partial charge in [-0.15, -0.1) is 0 Å². The van der Waals surface area contributed by atoms with Gasteiger partial charge in [0.15, 0.2) is 18.2 Å². The Morgan fingerprint density at radius 2 is 1.37 bits per heavy atom. The zero-order valence-electron chi connectivity index (χ0n) is 22.0. The van der Waals surface area contributed by atoms with Crippen LogP contribution in [0.2, 0.25) is 0 Å². The van der Waals surface area contributed by atoms with E-state index >= 15 is 0 Å². The van der Waals surface area contributed by atoms with Crippen LogP contribution in [-0.4, -0.2) is 121 Å². The van der Waals surface area contributed by atoms with Gasteiger partial charge in [-0.2, -0.15) is 0 Å². The molecule has 10 atom stereocenters. The predicted molar refractivity (Wildman–Crippen MR) is 138 cm³/mol. The van der Waals surface area contributed by atoms with Gasteiger partial charge in [-0.25, -0.2) is 0 Å². The molecule has 2 fully saturated rings. The quantitative estimate of drug-likeness (QED) is 0.129. The van der Waals surface area contributed by atoms with E-state index < -0.39 is 103 Å². The molecule has 2 aliphatic rings. The molecular formula is C27H29O16-. The number of rotatable bonds is 7. The molecular weight excluding hydrogens is 580 g/mol. The highest BCUT2D eigenvalue weighted by molar-refractivity contribution is 5.88. The summed E-state index contributed by atoms with van der Waals surface area (Å²) in [5, 5.41) is 103. The topological polar surface area (TPSA) is 272 Å². The monoisotopic (exact) mass is 609 g/mol. The molecule has 9 N–H and O–H groups in total. The Morgan fingerprint density at radius 1 is 0.767 bits per heavy atom. The molecule has 1 aromatic heterocycles. The lowest BCUT2D eigenvalue weighted by Crippen LogP contribution is -2.65. The van der Waals surface area contributed by atoms with Crippen molar-refractivity contribution < 1.29 is 74.4 Å². The highest BCUT2D eigenvalue weighted by Gasteiger charge is 2.51. The highest BCUT2D eigenvalue weighted by Crippen LogP contribution is 2.37. The summed E-state index contributed by atoms with van der Waals surface area (Å²) >= 11 is 0. The standard InChI is InChI=1S/C27H30O16/c28-7-14-17(33)20(36)22(38)26(40-14)43-25-21(37)18(34)15(8-29)41-27(25)42-24-19(35)16-12(32)5-11(31)6-13(16)39-23(24)9-1-3-10(30)4-2-9/h1-6,14-15,17-18,20-22,25-34,36-38H,7-8H2/p-1/t14-,15-,17-,18-,20+,21+,22-,25-,26+,27+/m0/s1. The molecule has 0 unspecified atom stereocenters. The van der Waals surface area contributed by atoms with Crippen LogP contribution in [0.1, 0.15) is 0 Å². The summed E-state index contributed by atoms with van der Waals surface area (Å²) in [4.78, 5) is 13.7.